The lowest BCUT2D eigenvalue weighted by atomic mass is 10.3. The van der Waals surface area contributed by atoms with E-state index >= 15 is 0 Å². The fourth-order valence-corrected chi connectivity index (χ4v) is 1.64. The van der Waals surface area contributed by atoms with Crippen LogP contribution >= 0.6 is 15.9 Å². The van der Waals surface area contributed by atoms with Gasteiger partial charge in [0.05, 0.1) is 0 Å². The van der Waals surface area contributed by atoms with E-state index in [9.17, 15) is 4.79 Å². The molecule has 1 heterocycles. The lowest BCUT2D eigenvalue weighted by Gasteiger charge is -2.06. The summed E-state index contributed by atoms with van der Waals surface area (Å²) in [5.74, 6) is -0.147. The molecule has 88 valence electrons. The number of amides is 1. The average molecular weight is 286 g/mol. The van der Waals surface area contributed by atoms with E-state index in [2.05, 4.69) is 38.5 Å². The maximum Gasteiger partial charge on any atom is 0.271 e. The quantitative estimate of drug-likeness (QED) is 0.781. The summed E-state index contributed by atoms with van der Waals surface area (Å²) >= 11 is 3.29. The minimum Gasteiger partial charge on any atom is -0.349 e. The van der Waals surface area contributed by atoms with Gasteiger partial charge >= 0.3 is 0 Å². The molecule has 0 fully saturated rings. The van der Waals surface area contributed by atoms with Crippen LogP contribution in [0.2, 0.25) is 0 Å². The molecule has 0 atom stereocenters. The van der Waals surface area contributed by atoms with Gasteiger partial charge in [0.2, 0.25) is 0 Å². The Morgan fingerprint density at radius 3 is 2.94 bits per heavy atom. The Kier molecular flexibility index (Phi) is 6.03. The molecular formula is C11H16BrN3O. The second-order valence-corrected chi connectivity index (χ2v) is 4.19. The molecule has 1 rings (SSSR count). The normalized spacial score (nSPS) is 10.1. The first-order chi connectivity index (χ1) is 7.75. The van der Waals surface area contributed by atoms with Crippen LogP contribution in [-0.4, -0.2) is 30.5 Å². The Morgan fingerprint density at radius 1 is 1.44 bits per heavy atom. The molecule has 0 spiro atoms. The third-order valence-electron chi connectivity index (χ3n) is 1.99. The summed E-state index contributed by atoms with van der Waals surface area (Å²) in [7, 11) is 0. The topological polar surface area (TPSA) is 54.0 Å². The van der Waals surface area contributed by atoms with Crippen LogP contribution in [0, 0.1) is 0 Å². The largest absolute Gasteiger partial charge is 0.349 e. The van der Waals surface area contributed by atoms with Crippen molar-refractivity contribution in [3.05, 3.63) is 28.5 Å². The molecule has 0 unspecified atom stereocenters. The third kappa shape index (κ3) is 4.28. The van der Waals surface area contributed by atoms with Gasteiger partial charge in [-0.3, -0.25) is 4.79 Å². The van der Waals surface area contributed by atoms with Gasteiger partial charge < -0.3 is 10.6 Å². The second-order valence-electron chi connectivity index (χ2n) is 3.34. The van der Waals surface area contributed by atoms with Crippen LogP contribution in [0.4, 0.5) is 0 Å². The number of carbonyl (C=O) groups is 1. The zero-order chi connectivity index (χ0) is 11.8. The fourth-order valence-electron chi connectivity index (χ4n) is 1.20. The molecule has 2 N–H and O–H groups in total. The lowest BCUT2D eigenvalue weighted by molar-refractivity contribution is 0.0948. The Morgan fingerprint density at radius 2 is 2.25 bits per heavy atom. The number of halogens is 1. The first kappa shape index (κ1) is 13.1. The molecule has 5 heteroatoms. The van der Waals surface area contributed by atoms with Crippen LogP contribution < -0.4 is 10.6 Å². The fraction of sp³-hybridized carbons (Fsp3) is 0.455. The van der Waals surface area contributed by atoms with Crippen LogP contribution in [0.15, 0.2) is 22.8 Å². The molecule has 1 aromatic rings. The molecule has 0 saturated heterocycles. The maximum atomic E-state index is 11.7. The van der Waals surface area contributed by atoms with Crippen molar-refractivity contribution in [2.45, 2.75) is 13.3 Å². The minimum atomic E-state index is -0.147. The number of pyridine rings is 1. The summed E-state index contributed by atoms with van der Waals surface area (Å²) in [5, 5.41) is 6.01. The van der Waals surface area contributed by atoms with Crippen LogP contribution in [0.1, 0.15) is 23.8 Å². The highest BCUT2D eigenvalue weighted by Crippen LogP contribution is 2.12. The van der Waals surface area contributed by atoms with E-state index < -0.39 is 0 Å². The zero-order valence-electron chi connectivity index (χ0n) is 9.29. The van der Waals surface area contributed by atoms with Gasteiger partial charge in [-0.05, 0) is 41.0 Å². The minimum absolute atomic E-state index is 0.147. The van der Waals surface area contributed by atoms with Gasteiger partial charge in [-0.2, -0.15) is 0 Å². The van der Waals surface area contributed by atoms with Crippen molar-refractivity contribution >= 4 is 21.8 Å². The van der Waals surface area contributed by atoms with Gasteiger partial charge in [0.1, 0.15) is 5.69 Å². The molecule has 0 bridgehead atoms. The molecule has 4 nitrogen and oxygen atoms in total. The summed E-state index contributed by atoms with van der Waals surface area (Å²) in [6.45, 7) is 4.48. The molecule has 0 aliphatic carbocycles. The first-order valence-corrected chi connectivity index (χ1v) is 6.14. The Hall–Kier alpha value is -0.940. The second kappa shape index (κ2) is 7.35. The number of hydrogen-bond donors (Lipinski definition) is 2. The van der Waals surface area contributed by atoms with Crippen LogP contribution in [0.3, 0.4) is 0 Å². The van der Waals surface area contributed by atoms with Crippen LogP contribution in [-0.2, 0) is 0 Å². The van der Waals surface area contributed by atoms with E-state index in [0.717, 1.165) is 19.5 Å². The standard InChI is InChI=1S/C11H16BrN3O/c1-2-5-13-7-8-15-11(16)10-9(12)4-3-6-14-10/h3-4,6,13H,2,5,7-8H2,1H3,(H,15,16). The van der Waals surface area contributed by atoms with Crippen LogP contribution in [0.5, 0.6) is 0 Å². The summed E-state index contributed by atoms with van der Waals surface area (Å²) < 4.78 is 0.717. The zero-order valence-corrected chi connectivity index (χ0v) is 10.9. The molecule has 0 aromatic carbocycles. The van der Waals surface area contributed by atoms with E-state index in [4.69, 9.17) is 0 Å². The summed E-state index contributed by atoms with van der Waals surface area (Å²) in [6, 6.07) is 3.58. The Labute approximate surface area is 104 Å². The number of aromatic nitrogens is 1. The third-order valence-corrected chi connectivity index (χ3v) is 2.63. The van der Waals surface area contributed by atoms with Gasteiger partial charge in [0, 0.05) is 23.8 Å². The molecule has 0 aliphatic rings. The van der Waals surface area contributed by atoms with Gasteiger partial charge in [-0.15, -0.1) is 0 Å². The van der Waals surface area contributed by atoms with Crippen molar-refractivity contribution in [2.75, 3.05) is 19.6 Å². The van der Waals surface area contributed by atoms with Gasteiger partial charge in [0.25, 0.3) is 5.91 Å². The number of nitrogens with zero attached hydrogens (tertiary/aromatic N) is 1. The molecule has 16 heavy (non-hydrogen) atoms. The maximum absolute atomic E-state index is 11.7. The van der Waals surface area contributed by atoms with Crippen molar-refractivity contribution in [1.29, 1.82) is 0 Å². The highest BCUT2D eigenvalue weighted by Gasteiger charge is 2.09. The summed E-state index contributed by atoms with van der Waals surface area (Å²) in [5.41, 5.74) is 0.429. The highest BCUT2D eigenvalue weighted by molar-refractivity contribution is 9.10. The molecule has 0 saturated carbocycles. The Bertz CT molecular complexity index is 344. The van der Waals surface area contributed by atoms with Crippen LogP contribution in [0.25, 0.3) is 0 Å². The monoisotopic (exact) mass is 285 g/mol. The van der Waals surface area contributed by atoms with Crippen molar-refractivity contribution < 1.29 is 4.79 Å². The number of rotatable bonds is 6. The van der Waals surface area contributed by atoms with E-state index in [0.29, 0.717) is 16.7 Å². The molecule has 1 aromatic heterocycles. The predicted octanol–water partition coefficient (Wildman–Crippen LogP) is 1.57. The van der Waals surface area contributed by atoms with Crippen molar-refractivity contribution in [1.82, 2.24) is 15.6 Å². The number of nitrogens with one attached hydrogen (secondary N) is 2. The van der Waals surface area contributed by atoms with Crippen molar-refractivity contribution in [2.24, 2.45) is 0 Å². The average Bonchev–Trinajstić information content (AvgIpc) is 2.29. The SMILES string of the molecule is CCCNCCNC(=O)c1ncccc1Br. The smallest absolute Gasteiger partial charge is 0.271 e. The predicted molar refractivity (Wildman–Crippen MR) is 67.4 cm³/mol. The van der Waals surface area contributed by atoms with E-state index in [1.165, 1.54) is 0 Å². The van der Waals surface area contributed by atoms with E-state index in [-0.39, 0.29) is 5.91 Å². The van der Waals surface area contributed by atoms with Crippen molar-refractivity contribution in [3.8, 4) is 0 Å². The van der Waals surface area contributed by atoms with Gasteiger partial charge in [-0.25, -0.2) is 4.98 Å². The molecule has 1 amide bonds. The van der Waals surface area contributed by atoms with E-state index in [1.54, 1.807) is 18.3 Å². The highest BCUT2D eigenvalue weighted by atomic mass is 79.9. The van der Waals surface area contributed by atoms with Crippen molar-refractivity contribution in [3.63, 3.8) is 0 Å². The first-order valence-electron chi connectivity index (χ1n) is 5.35. The molecule has 0 radical (unpaired) electrons. The van der Waals surface area contributed by atoms with Gasteiger partial charge in [0.15, 0.2) is 0 Å². The Balaban J connectivity index is 2.33. The number of carbonyl (C=O) groups excluding carboxylic acids is 1. The summed E-state index contributed by atoms with van der Waals surface area (Å²) in [6.07, 6.45) is 2.70. The molecular weight excluding hydrogens is 270 g/mol. The van der Waals surface area contributed by atoms with Gasteiger partial charge in [-0.1, -0.05) is 6.92 Å². The summed E-state index contributed by atoms with van der Waals surface area (Å²) in [4.78, 5) is 15.7. The van der Waals surface area contributed by atoms with E-state index in [1.807, 2.05) is 0 Å². The lowest BCUT2D eigenvalue weighted by Crippen LogP contribution is -2.32. The molecule has 0 aliphatic heterocycles. The number of hydrogen-bond acceptors (Lipinski definition) is 3.